The van der Waals surface area contributed by atoms with Gasteiger partial charge in [0.1, 0.15) is 0 Å². The predicted molar refractivity (Wildman–Crippen MR) is 53.3 cm³/mol. The van der Waals surface area contributed by atoms with Crippen LogP contribution in [0.1, 0.15) is 32.6 Å². The van der Waals surface area contributed by atoms with Gasteiger partial charge in [0.05, 0.1) is 6.04 Å². The third-order valence-corrected chi connectivity index (χ3v) is 4.17. The average molecular weight is 185 g/mol. The summed E-state index contributed by atoms with van der Waals surface area (Å²) in [6.07, 6.45) is 6.82. The second-order valence-corrected chi connectivity index (χ2v) is 4.82. The summed E-state index contributed by atoms with van der Waals surface area (Å²) in [5.41, 5.74) is 8.40. The molecular formula is C8H15N3S. The van der Waals surface area contributed by atoms with Gasteiger partial charge in [0, 0.05) is 9.66 Å². The summed E-state index contributed by atoms with van der Waals surface area (Å²) in [7, 11) is 0. The predicted octanol–water partition coefficient (Wildman–Crippen LogP) is 3.36. The fourth-order valence-corrected chi connectivity index (χ4v) is 2.55. The van der Waals surface area contributed by atoms with Crippen molar-refractivity contribution >= 4 is 11.8 Å². The minimum atomic E-state index is 0.185. The highest BCUT2D eigenvalue weighted by Crippen LogP contribution is 2.39. The lowest BCUT2D eigenvalue weighted by Crippen LogP contribution is -2.37. The fourth-order valence-electron chi connectivity index (χ4n) is 1.77. The molecule has 4 heteroatoms. The highest BCUT2D eigenvalue weighted by atomic mass is 32.2. The fraction of sp³-hybridized carbons (Fsp3) is 1.00. The number of hydrogen-bond acceptors (Lipinski definition) is 2. The van der Waals surface area contributed by atoms with Crippen LogP contribution in [0, 0.1) is 0 Å². The van der Waals surface area contributed by atoms with Crippen LogP contribution < -0.4 is 0 Å². The zero-order valence-corrected chi connectivity index (χ0v) is 8.47. The summed E-state index contributed by atoms with van der Waals surface area (Å²) in [5, 5.41) is 3.87. The summed E-state index contributed by atoms with van der Waals surface area (Å²) in [4.78, 5) is 2.91. The standard InChI is InChI=1S/C8H15N3S/c1-8(12-2)6-4-3-5-7(8)10-11-9/h7H,3-6H2,1-2H3. The number of rotatable bonds is 2. The Morgan fingerprint density at radius 1 is 1.58 bits per heavy atom. The number of thioether (sulfide) groups is 1. The van der Waals surface area contributed by atoms with Crippen molar-refractivity contribution in [2.75, 3.05) is 6.26 Å². The quantitative estimate of drug-likeness (QED) is 0.369. The van der Waals surface area contributed by atoms with Gasteiger partial charge in [-0.1, -0.05) is 24.9 Å². The third kappa shape index (κ3) is 1.87. The van der Waals surface area contributed by atoms with Crippen LogP contribution in [0.4, 0.5) is 0 Å². The molecule has 0 aromatic carbocycles. The lowest BCUT2D eigenvalue weighted by Gasteiger charge is -2.37. The molecule has 0 aliphatic heterocycles. The van der Waals surface area contributed by atoms with Crippen molar-refractivity contribution in [3.63, 3.8) is 0 Å². The van der Waals surface area contributed by atoms with Crippen molar-refractivity contribution in [1.29, 1.82) is 0 Å². The molecule has 0 aromatic rings. The smallest absolute Gasteiger partial charge is 0.0518 e. The lowest BCUT2D eigenvalue weighted by molar-refractivity contribution is 0.366. The van der Waals surface area contributed by atoms with E-state index >= 15 is 0 Å². The molecule has 0 saturated heterocycles. The van der Waals surface area contributed by atoms with E-state index in [9.17, 15) is 0 Å². The van der Waals surface area contributed by atoms with E-state index in [2.05, 4.69) is 23.2 Å². The first-order chi connectivity index (χ1) is 5.73. The van der Waals surface area contributed by atoms with Gasteiger partial charge in [0.2, 0.25) is 0 Å². The van der Waals surface area contributed by atoms with Crippen LogP contribution in [-0.4, -0.2) is 17.0 Å². The Morgan fingerprint density at radius 3 is 2.92 bits per heavy atom. The van der Waals surface area contributed by atoms with E-state index in [1.54, 1.807) is 0 Å². The largest absolute Gasteiger partial charge is 0.158 e. The van der Waals surface area contributed by atoms with Gasteiger partial charge in [0.15, 0.2) is 0 Å². The Labute approximate surface area is 77.5 Å². The molecule has 0 heterocycles. The highest BCUT2D eigenvalue weighted by molar-refractivity contribution is 8.00. The maximum Gasteiger partial charge on any atom is 0.0518 e. The van der Waals surface area contributed by atoms with Crippen molar-refractivity contribution < 1.29 is 0 Å². The highest BCUT2D eigenvalue weighted by Gasteiger charge is 2.34. The first kappa shape index (κ1) is 9.75. The van der Waals surface area contributed by atoms with E-state index in [1.807, 2.05) is 11.8 Å². The van der Waals surface area contributed by atoms with Crippen LogP contribution >= 0.6 is 11.8 Å². The van der Waals surface area contributed by atoms with E-state index in [-0.39, 0.29) is 10.8 Å². The normalized spacial score (nSPS) is 35.7. The van der Waals surface area contributed by atoms with Crippen LogP contribution in [-0.2, 0) is 0 Å². The van der Waals surface area contributed by atoms with E-state index in [4.69, 9.17) is 5.53 Å². The molecule has 1 aliphatic carbocycles. The van der Waals surface area contributed by atoms with Gasteiger partial charge >= 0.3 is 0 Å². The van der Waals surface area contributed by atoms with Crippen LogP contribution in [0.2, 0.25) is 0 Å². The molecule has 1 fully saturated rings. The van der Waals surface area contributed by atoms with E-state index in [0.717, 1.165) is 6.42 Å². The molecule has 12 heavy (non-hydrogen) atoms. The molecule has 1 saturated carbocycles. The molecule has 3 nitrogen and oxygen atoms in total. The molecule has 68 valence electrons. The number of nitrogens with zero attached hydrogens (tertiary/aromatic N) is 3. The lowest BCUT2D eigenvalue weighted by atomic mass is 9.85. The van der Waals surface area contributed by atoms with Gasteiger partial charge in [0.25, 0.3) is 0 Å². The molecule has 0 N–H and O–H groups in total. The zero-order valence-electron chi connectivity index (χ0n) is 7.66. The minimum absolute atomic E-state index is 0.185. The molecule has 2 unspecified atom stereocenters. The maximum absolute atomic E-state index is 8.40. The van der Waals surface area contributed by atoms with Crippen molar-refractivity contribution in [1.82, 2.24) is 0 Å². The van der Waals surface area contributed by atoms with Crippen LogP contribution in [0.3, 0.4) is 0 Å². The SMILES string of the molecule is CSC1(C)CCCCC1N=[N+]=[N-]. The average Bonchev–Trinajstić information content (AvgIpc) is 2.10. The number of hydrogen-bond donors (Lipinski definition) is 0. The summed E-state index contributed by atoms with van der Waals surface area (Å²) < 4.78 is 0.185. The monoisotopic (exact) mass is 185 g/mol. The molecule has 0 aromatic heterocycles. The van der Waals surface area contributed by atoms with E-state index in [1.165, 1.54) is 19.3 Å². The van der Waals surface area contributed by atoms with Crippen LogP contribution in [0.15, 0.2) is 5.11 Å². The van der Waals surface area contributed by atoms with Crippen LogP contribution in [0.25, 0.3) is 10.4 Å². The van der Waals surface area contributed by atoms with Gasteiger partial charge in [-0.3, -0.25) is 0 Å². The van der Waals surface area contributed by atoms with Gasteiger partial charge in [-0.15, -0.1) is 0 Å². The molecule has 1 aliphatic rings. The summed E-state index contributed by atoms with van der Waals surface area (Å²) in [5.74, 6) is 0. The maximum atomic E-state index is 8.40. The second kappa shape index (κ2) is 4.06. The first-order valence-corrected chi connectivity index (χ1v) is 5.55. The Balaban J connectivity index is 2.72. The van der Waals surface area contributed by atoms with E-state index < -0.39 is 0 Å². The molecule has 0 spiro atoms. The molecule has 0 amide bonds. The van der Waals surface area contributed by atoms with Gasteiger partial charge in [-0.2, -0.15) is 11.8 Å². The Kier molecular flexibility index (Phi) is 3.29. The van der Waals surface area contributed by atoms with E-state index in [0.29, 0.717) is 0 Å². The molecular weight excluding hydrogens is 170 g/mol. The molecule has 1 rings (SSSR count). The Morgan fingerprint density at radius 2 is 2.33 bits per heavy atom. The number of azide groups is 1. The molecule has 0 radical (unpaired) electrons. The summed E-state index contributed by atoms with van der Waals surface area (Å²) >= 11 is 1.83. The van der Waals surface area contributed by atoms with Crippen molar-refractivity contribution in [3.8, 4) is 0 Å². The van der Waals surface area contributed by atoms with Crippen LogP contribution in [0.5, 0.6) is 0 Å². The minimum Gasteiger partial charge on any atom is -0.158 e. The molecule has 0 bridgehead atoms. The summed E-state index contributed by atoms with van der Waals surface area (Å²) in [6, 6.07) is 0.200. The van der Waals surface area contributed by atoms with Gasteiger partial charge in [-0.05, 0) is 24.6 Å². The Hall–Kier alpha value is -0.340. The van der Waals surface area contributed by atoms with Crippen molar-refractivity contribution in [2.24, 2.45) is 5.11 Å². The van der Waals surface area contributed by atoms with Crippen molar-refractivity contribution in [3.05, 3.63) is 10.4 Å². The second-order valence-electron chi connectivity index (χ2n) is 3.48. The zero-order chi connectivity index (χ0) is 9.03. The van der Waals surface area contributed by atoms with Crippen molar-refractivity contribution in [2.45, 2.75) is 43.4 Å². The summed E-state index contributed by atoms with van der Waals surface area (Å²) in [6.45, 7) is 2.20. The Bertz CT molecular complexity index is 200. The van der Waals surface area contributed by atoms with Gasteiger partial charge < -0.3 is 0 Å². The first-order valence-electron chi connectivity index (χ1n) is 4.32. The third-order valence-electron chi connectivity index (χ3n) is 2.76. The molecule has 2 atom stereocenters. The topological polar surface area (TPSA) is 48.8 Å². The van der Waals surface area contributed by atoms with Gasteiger partial charge in [-0.25, -0.2) is 0 Å².